The maximum Gasteiger partial charge on any atom is 0.251 e. The van der Waals surface area contributed by atoms with E-state index in [2.05, 4.69) is 10.6 Å². The van der Waals surface area contributed by atoms with Gasteiger partial charge in [0.25, 0.3) is 5.91 Å². The van der Waals surface area contributed by atoms with Gasteiger partial charge in [-0.15, -0.1) is 0 Å². The van der Waals surface area contributed by atoms with Crippen LogP contribution in [0.4, 0.5) is 5.69 Å². The average molecular weight is 340 g/mol. The number of hydrogen-bond donors (Lipinski definition) is 2. The van der Waals surface area contributed by atoms with Crippen molar-refractivity contribution in [2.75, 3.05) is 19.0 Å². The van der Waals surface area contributed by atoms with Crippen molar-refractivity contribution in [1.29, 1.82) is 0 Å². The second-order valence-corrected chi connectivity index (χ2v) is 6.06. The first-order valence-electron chi connectivity index (χ1n) is 8.20. The third kappa shape index (κ3) is 5.08. The number of benzene rings is 2. The molecule has 0 fully saturated rings. The lowest BCUT2D eigenvalue weighted by Crippen LogP contribution is -2.27. The van der Waals surface area contributed by atoms with Crippen LogP contribution >= 0.6 is 0 Å². The Hall–Kier alpha value is -2.82. The van der Waals surface area contributed by atoms with Crippen LogP contribution in [0.2, 0.25) is 0 Å². The highest BCUT2D eigenvalue weighted by molar-refractivity contribution is 5.96. The molecule has 0 bridgehead atoms. The summed E-state index contributed by atoms with van der Waals surface area (Å²) in [6, 6.07) is 11.0. The summed E-state index contributed by atoms with van der Waals surface area (Å²) in [4.78, 5) is 24.2. The van der Waals surface area contributed by atoms with Crippen molar-refractivity contribution < 1.29 is 14.3 Å². The molecule has 0 aromatic heterocycles. The number of aryl methyl sites for hydroxylation is 3. The summed E-state index contributed by atoms with van der Waals surface area (Å²) in [6.45, 7) is 6.24. The molecule has 5 nitrogen and oxygen atoms in total. The van der Waals surface area contributed by atoms with Crippen LogP contribution in [0, 0.1) is 20.8 Å². The SMILES string of the molecule is COc1cccc(C(=O)NCCC(=O)Nc2c(C)cc(C)cc2C)c1. The molecule has 0 aliphatic heterocycles. The van der Waals surface area contributed by atoms with Crippen molar-refractivity contribution in [2.45, 2.75) is 27.2 Å². The Kier molecular flexibility index (Phi) is 6.17. The third-order valence-corrected chi connectivity index (χ3v) is 3.91. The van der Waals surface area contributed by atoms with E-state index in [4.69, 9.17) is 4.74 Å². The van der Waals surface area contributed by atoms with Crippen molar-refractivity contribution in [2.24, 2.45) is 0 Å². The summed E-state index contributed by atoms with van der Waals surface area (Å²) in [6.07, 6.45) is 0.211. The molecule has 0 unspecified atom stereocenters. The van der Waals surface area contributed by atoms with Crippen LogP contribution in [0.3, 0.4) is 0 Å². The van der Waals surface area contributed by atoms with Gasteiger partial charge in [0.2, 0.25) is 5.91 Å². The smallest absolute Gasteiger partial charge is 0.251 e. The van der Waals surface area contributed by atoms with E-state index in [0.29, 0.717) is 11.3 Å². The molecule has 25 heavy (non-hydrogen) atoms. The normalized spacial score (nSPS) is 10.2. The minimum atomic E-state index is -0.227. The number of carbonyl (C=O) groups excluding carboxylic acids is 2. The van der Waals surface area contributed by atoms with Gasteiger partial charge in [-0.1, -0.05) is 23.8 Å². The Morgan fingerprint density at radius 2 is 1.72 bits per heavy atom. The van der Waals surface area contributed by atoms with Gasteiger partial charge in [-0.2, -0.15) is 0 Å². The first-order valence-corrected chi connectivity index (χ1v) is 8.20. The van der Waals surface area contributed by atoms with Gasteiger partial charge in [-0.05, 0) is 50.1 Å². The number of rotatable bonds is 6. The predicted molar refractivity (Wildman–Crippen MR) is 99.2 cm³/mol. The first-order chi connectivity index (χ1) is 11.9. The lowest BCUT2D eigenvalue weighted by Gasteiger charge is -2.13. The van der Waals surface area contributed by atoms with Gasteiger partial charge in [0.05, 0.1) is 7.11 Å². The molecule has 0 heterocycles. The Morgan fingerprint density at radius 1 is 1.04 bits per heavy atom. The molecule has 0 radical (unpaired) electrons. The third-order valence-electron chi connectivity index (χ3n) is 3.91. The van der Waals surface area contributed by atoms with Gasteiger partial charge in [0.1, 0.15) is 5.75 Å². The van der Waals surface area contributed by atoms with Crippen molar-refractivity contribution in [3.8, 4) is 5.75 Å². The molecule has 0 spiro atoms. The largest absolute Gasteiger partial charge is 0.497 e. The van der Waals surface area contributed by atoms with Crippen LogP contribution in [-0.2, 0) is 4.79 Å². The van der Waals surface area contributed by atoms with Gasteiger partial charge in [0.15, 0.2) is 0 Å². The maximum atomic E-state index is 12.1. The molecule has 0 saturated carbocycles. The number of amides is 2. The Bertz CT molecular complexity index is 761. The van der Waals surface area contributed by atoms with E-state index >= 15 is 0 Å². The minimum absolute atomic E-state index is 0.124. The van der Waals surface area contributed by atoms with Gasteiger partial charge in [-0.3, -0.25) is 9.59 Å². The standard InChI is InChI=1S/C20H24N2O3/c1-13-10-14(2)19(15(3)11-13)22-18(23)8-9-21-20(24)16-6-5-7-17(12-16)25-4/h5-7,10-12H,8-9H2,1-4H3,(H,21,24)(H,22,23). The van der Waals surface area contributed by atoms with E-state index in [1.165, 1.54) is 5.56 Å². The van der Waals surface area contributed by atoms with Gasteiger partial charge in [0, 0.05) is 24.2 Å². The average Bonchev–Trinajstić information content (AvgIpc) is 2.58. The maximum absolute atomic E-state index is 12.1. The molecule has 0 aliphatic carbocycles. The second kappa shape index (κ2) is 8.33. The van der Waals surface area contributed by atoms with Crippen molar-refractivity contribution in [3.05, 3.63) is 58.7 Å². The molecular weight excluding hydrogens is 316 g/mol. The molecule has 132 valence electrons. The number of carbonyl (C=O) groups is 2. The zero-order chi connectivity index (χ0) is 18.4. The molecule has 0 aliphatic rings. The Labute approximate surface area is 148 Å². The van der Waals surface area contributed by atoms with Gasteiger partial charge < -0.3 is 15.4 Å². The fourth-order valence-electron chi connectivity index (χ4n) is 2.74. The lowest BCUT2D eigenvalue weighted by molar-refractivity contribution is -0.116. The topological polar surface area (TPSA) is 67.4 Å². The van der Waals surface area contributed by atoms with E-state index in [1.807, 2.05) is 32.9 Å². The summed E-state index contributed by atoms with van der Waals surface area (Å²) in [5.41, 5.74) is 4.58. The highest BCUT2D eigenvalue weighted by atomic mass is 16.5. The van der Waals surface area contributed by atoms with Gasteiger partial charge >= 0.3 is 0 Å². The van der Waals surface area contributed by atoms with Crippen LogP contribution < -0.4 is 15.4 Å². The van der Waals surface area contributed by atoms with Crippen molar-refractivity contribution >= 4 is 17.5 Å². The number of ether oxygens (including phenoxy) is 1. The first kappa shape index (κ1) is 18.5. The van der Waals surface area contributed by atoms with E-state index in [9.17, 15) is 9.59 Å². The highest BCUT2D eigenvalue weighted by Crippen LogP contribution is 2.22. The summed E-state index contributed by atoms with van der Waals surface area (Å²) in [7, 11) is 1.55. The van der Waals surface area contributed by atoms with E-state index in [0.717, 1.165) is 16.8 Å². The molecule has 0 atom stereocenters. The molecule has 2 aromatic carbocycles. The molecule has 5 heteroatoms. The fourth-order valence-corrected chi connectivity index (χ4v) is 2.74. The molecule has 2 amide bonds. The number of hydrogen-bond acceptors (Lipinski definition) is 3. The van der Waals surface area contributed by atoms with Crippen LogP contribution in [0.1, 0.15) is 33.5 Å². The number of anilines is 1. The van der Waals surface area contributed by atoms with Crippen LogP contribution in [0.25, 0.3) is 0 Å². The molecular formula is C20H24N2O3. The molecule has 2 rings (SSSR count). The Balaban J connectivity index is 1.87. The van der Waals surface area contributed by atoms with E-state index in [1.54, 1.807) is 31.4 Å². The minimum Gasteiger partial charge on any atom is -0.497 e. The summed E-state index contributed by atoms with van der Waals surface area (Å²) >= 11 is 0. The molecule has 0 saturated heterocycles. The van der Waals surface area contributed by atoms with Crippen LogP contribution in [0.15, 0.2) is 36.4 Å². The predicted octanol–water partition coefficient (Wildman–Crippen LogP) is 3.38. The zero-order valence-electron chi connectivity index (χ0n) is 15.1. The van der Waals surface area contributed by atoms with Gasteiger partial charge in [-0.25, -0.2) is 0 Å². The van der Waals surface area contributed by atoms with Crippen LogP contribution in [0.5, 0.6) is 5.75 Å². The molecule has 2 aromatic rings. The highest BCUT2D eigenvalue weighted by Gasteiger charge is 2.10. The quantitative estimate of drug-likeness (QED) is 0.847. The Morgan fingerprint density at radius 3 is 2.36 bits per heavy atom. The zero-order valence-corrected chi connectivity index (χ0v) is 15.1. The number of methoxy groups -OCH3 is 1. The van der Waals surface area contributed by atoms with E-state index in [-0.39, 0.29) is 24.8 Å². The summed E-state index contributed by atoms with van der Waals surface area (Å²) in [5.74, 6) is 0.270. The number of nitrogens with one attached hydrogen (secondary N) is 2. The fraction of sp³-hybridized carbons (Fsp3) is 0.300. The summed E-state index contributed by atoms with van der Waals surface area (Å²) < 4.78 is 5.10. The van der Waals surface area contributed by atoms with Crippen molar-refractivity contribution in [3.63, 3.8) is 0 Å². The monoisotopic (exact) mass is 340 g/mol. The second-order valence-electron chi connectivity index (χ2n) is 6.06. The summed E-state index contributed by atoms with van der Waals surface area (Å²) in [5, 5.41) is 5.68. The van der Waals surface area contributed by atoms with Crippen LogP contribution in [-0.4, -0.2) is 25.5 Å². The van der Waals surface area contributed by atoms with Crippen molar-refractivity contribution in [1.82, 2.24) is 5.32 Å². The van der Waals surface area contributed by atoms with E-state index < -0.39 is 0 Å². The molecule has 2 N–H and O–H groups in total. The lowest BCUT2D eigenvalue weighted by atomic mass is 10.1.